The zero-order valence-electron chi connectivity index (χ0n) is 10.7. The zero-order chi connectivity index (χ0) is 13.2. The average Bonchev–Trinajstić information content (AvgIpc) is 2.88. The first-order valence-electron chi connectivity index (χ1n) is 6.33. The van der Waals surface area contributed by atoms with Crippen molar-refractivity contribution in [3.05, 3.63) is 28.6 Å². The van der Waals surface area contributed by atoms with Crippen LogP contribution in [0.2, 0.25) is 0 Å². The number of pyridine rings is 1. The van der Waals surface area contributed by atoms with Crippen molar-refractivity contribution in [3.8, 4) is 11.5 Å². The Morgan fingerprint density at radius 3 is 3.11 bits per heavy atom. The van der Waals surface area contributed by atoms with Gasteiger partial charge in [0.05, 0.1) is 5.69 Å². The second-order valence-electron chi connectivity index (χ2n) is 4.71. The molecule has 0 radical (unpaired) electrons. The van der Waals surface area contributed by atoms with Gasteiger partial charge < -0.3 is 15.2 Å². The van der Waals surface area contributed by atoms with Gasteiger partial charge in [0.1, 0.15) is 0 Å². The smallest absolute Gasteiger partial charge is 0.248 e. The maximum Gasteiger partial charge on any atom is 0.248 e. The molecule has 1 saturated heterocycles. The van der Waals surface area contributed by atoms with Crippen molar-refractivity contribution in [1.29, 1.82) is 0 Å². The zero-order valence-corrected chi connectivity index (χ0v) is 10.7. The largest absolute Gasteiger partial charge is 0.337 e. The summed E-state index contributed by atoms with van der Waals surface area (Å²) in [6.45, 7) is 4.82. The minimum Gasteiger partial charge on any atom is -0.337 e. The van der Waals surface area contributed by atoms with Crippen LogP contribution in [-0.4, -0.2) is 45.8 Å². The first-order chi connectivity index (χ1) is 9.22. The van der Waals surface area contributed by atoms with Gasteiger partial charge >= 0.3 is 0 Å². The highest BCUT2D eigenvalue weighted by Crippen LogP contribution is 2.15. The SMILES string of the molecule is C[C@@H]1CN(c2n[nH]c(-c3cccc(=O)[nH]3)n2)CCN1. The van der Waals surface area contributed by atoms with Gasteiger partial charge in [-0.05, 0) is 13.0 Å². The fraction of sp³-hybridized carbons (Fsp3) is 0.417. The summed E-state index contributed by atoms with van der Waals surface area (Å²) >= 11 is 0. The van der Waals surface area contributed by atoms with Crippen molar-refractivity contribution >= 4 is 5.95 Å². The van der Waals surface area contributed by atoms with Gasteiger partial charge in [0, 0.05) is 31.7 Å². The third-order valence-electron chi connectivity index (χ3n) is 3.15. The van der Waals surface area contributed by atoms with Crippen molar-refractivity contribution < 1.29 is 0 Å². The first-order valence-corrected chi connectivity index (χ1v) is 6.33. The minimum absolute atomic E-state index is 0.147. The van der Waals surface area contributed by atoms with Gasteiger partial charge in [-0.3, -0.25) is 9.89 Å². The van der Waals surface area contributed by atoms with Crippen LogP contribution in [0.5, 0.6) is 0 Å². The van der Waals surface area contributed by atoms with Crippen LogP contribution in [0.1, 0.15) is 6.92 Å². The molecule has 3 N–H and O–H groups in total. The first kappa shape index (κ1) is 11.9. The quantitative estimate of drug-likeness (QED) is 0.705. The summed E-state index contributed by atoms with van der Waals surface area (Å²) in [5.74, 6) is 1.26. The molecule has 2 aromatic rings. The molecule has 7 nitrogen and oxygen atoms in total. The summed E-state index contributed by atoms with van der Waals surface area (Å²) in [5.41, 5.74) is 0.501. The molecule has 1 aliphatic heterocycles. The van der Waals surface area contributed by atoms with Crippen molar-refractivity contribution in [2.75, 3.05) is 24.5 Å². The molecule has 7 heteroatoms. The van der Waals surface area contributed by atoms with E-state index in [1.165, 1.54) is 6.07 Å². The molecule has 19 heavy (non-hydrogen) atoms. The number of hydrogen-bond donors (Lipinski definition) is 3. The second kappa shape index (κ2) is 4.85. The van der Waals surface area contributed by atoms with Gasteiger partial charge in [-0.1, -0.05) is 6.07 Å². The van der Waals surface area contributed by atoms with Crippen molar-refractivity contribution in [2.45, 2.75) is 13.0 Å². The molecule has 0 bridgehead atoms. The van der Waals surface area contributed by atoms with Crippen LogP contribution in [-0.2, 0) is 0 Å². The van der Waals surface area contributed by atoms with Crippen LogP contribution in [0.4, 0.5) is 5.95 Å². The monoisotopic (exact) mass is 260 g/mol. The van der Waals surface area contributed by atoms with Crippen molar-refractivity contribution in [3.63, 3.8) is 0 Å². The van der Waals surface area contributed by atoms with E-state index < -0.39 is 0 Å². The normalized spacial score (nSPS) is 19.6. The summed E-state index contributed by atoms with van der Waals surface area (Å²) in [5, 5.41) is 10.5. The van der Waals surface area contributed by atoms with E-state index in [1.807, 2.05) is 0 Å². The average molecular weight is 260 g/mol. The maximum atomic E-state index is 11.3. The molecule has 1 atom stereocenters. The number of nitrogens with one attached hydrogen (secondary N) is 3. The number of nitrogens with zero attached hydrogens (tertiary/aromatic N) is 3. The molecule has 0 aliphatic carbocycles. The van der Waals surface area contributed by atoms with Crippen LogP contribution in [0.3, 0.4) is 0 Å². The number of hydrogen-bond acceptors (Lipinski definition) is 5. The molecule has 0 saturated carbocycles. The fourth-order valence-corrected chi connectivity index (χ4v) is 2.21. The minimum atomic E-state index is -0.147. The topological polar surface area (TPSA) is 89.7 Å². The molecular weight excluding hydrogens is 244 g/mol. The van der Waals surface area contributed by atoms with E-state index in [0.717, 1.165) is 19.6 Å². The number of aromatic nitrogens is 4. The lowest BCUT2D eigenvalue weighted by molar-refractivity contribution is 0.480. The lowest BCUT2D eigenvalue weighted by Crippen LogP contribution is -2.49. The van der Waals surface area contributed by atoms with Crippen LogP contribution in [0.25, 0.3) is 11.5 Å². The van der Waals surface area contributed by atoms with Crippen molar-refractivity contribution in [1.82, 2.24) is 25.5 Å². The molecule has 3 rings (SSSR count). The summed E-state index contributed by atoms with van der Waals surface area (Å²) in [6, 6.07) is 5.39. The Morgan fingerprint density at radius 1 is 1.42 bits per heavy atom. The fourth-order valence-electron chi connectivity index (χ4n) is 2.21. The second-order valence-corrected chi connectivity index (χ2v) is 4.71. The summed E-state index contributed by atoms with van der Waals surface area (Å²) in [4.78, 5) is 20.6. The predicted molar refractivity (Wildman–Crippen MR) is 72.1 cm³/mol. The molecule has 100 valence electrons. The van der Waals surface area contributed by atoms with Crippen LogP contribution in [0.15, 0.2) is 23.0 Å². The van der Waals surface area contributed by atoms with Crippen molar-refractivity contribution in [2.24, 2.45) is 0 Å². The third-order valence-corrected chi connectivity index (χ3v) is 3.15. The maximum absolute atomic E-state index is 11.3. The van der Waals surface area contributed by atoms with Crippen LogP contribution < -0.4 is 15.8 Å². The van der Waals surface area contributed by atoms with Gasteiger partial charge in [0.25, 0.3) is 0 Å². The Labute approximate surface area is 110 Å². The van der Waals surface area contributed by atoms with Gasteiger partial charge in [0.15, 0.2) is 5.82 Å². The Balaban J connectivity index is 1.85. The molecule has 3 heterocycles. The van der Waals surface area contributed by atoms with Gasteiger partial charge in [-0.25, -0.2) is 0 Å². The van der Waals surface area contributed by atoms with E-state index >= 15 is 0 Å². The standard InChI is InChI=1S/C12H16N6O/c1-8-7-18(6-5-13-8)12-15-11(16-17-12)9-3-2-4-10(19)14-9/h2-4,8,13H,5-7H2,1H3,(H,14,19)(H,15,16,17)/t8-/m1/s1. The van der Waals surface area contributed by atoms with Gasteiger partial charge in [0.2, 0.25) is 11.5 Å². The summed E-state index contributed by atoms with van der Waals surface area (Å²) in [7, 11) is 0. The van der Waals surface area contributed by atoms with E-state index in [9.17, 15) is 4.79 Å². The van der Waals surface area contributed by atoms with E-state index in [0.29, 0.717) is 23.5 Å². The molecule has 0 spiro atoms. The Morgan fingerprint density at radius 2 is 2.32 bits per heavy atom. The highest BCUT2D eigenvalue weighted by molar-refractivity contribution is 5.50. The number of H-pyrrole nitrogens is 2. The van der Waals surface area contributed by atoms with Crippen LogP contribution >= 0.6 is 0 Å². The number of piperazine rings is 1. The van der Waals surface area contributed by atoms with E-state index in [2.05, 4.69) is 37.3 Å². The molecule has 0 unspecified atom stereocenters. The Hall–Kier alpha value is -2.15. The summed E-state index contributed by atoms with van der Waals surface area (Å²) in [6.07, 6.45) is 0. The lowest BCUT2D eigenvalue weighted by Gasteiger charge is -2.30. The Bertz CT molecular complexity index is 618. The summed E-state index contributed by atoms with van der Waals surface area (Å²) < 4.78 is 0. The molecule has 0 aromatic carbocycles. The van der Waals surface area contributed by atoms with E-state index in [-0.39, 0.29) is 5.56 Å². The molecule has 0 amide bonds. The van der Waals surface area contributed by atoms with Gasteiger partial charge in [-0.15, -0.1) is 5.10 Å². The molecule has 1 fully saturated rings. The third kappa shape index (κ3) is 2.50. The predicted octanol–water partition coefficient (Wildman–Crippen LogP) is -0.0419. The van der Waals surface area contributed by atoms with E-state index in [4.69, 9.17) is 0 Å². The van der Waals surface area contributed by atoms with Crippen LogP contribution in [0, 0.1) is 0 Å². The number of rotatable bonds is 2. The highest BCUT2D eigenvalue weighted by Gasteiger charge is 2.19. The highest BCUT2D eigenvalue weighted by atomic mass is 16.1. The Kier molecular flexibility index (Phi) is 3.04. The molecular formula is C12H16N6O. The van der Waals surface area contributed by atoms with E-state index in [1.54, 1.807) is 12.1 Å². The molecule has 2 aromatic heterocycles. The lowest BCUT2D eigenvalue weighted by atomic mass is 10.2. The number of aromatic amines is 2. The van der Waals surface area contributed by atoms with Gasteiger partial charge in [-0.2, -0.15) is 4.98 Å². The number of anilines is 1. The molecule has 1 aliphatic rings.